The van der Waals surface area contributed by atoms with E-state index in [0.717, 1.165) is 6.42 Å². The normalized spacial score (nSPS) is 12.9. The van der Waals surface area contributed by atoms with Gasteiger partial charge in [0, 0.05) is 0 Å². The zero-order valence-corrected chi connectivity index (χ0v) is 12.8. The Kier molecular flexibility index (Phi) is 6.22. The second-order valence-electron chi connectivity index (χ2n) is 6.84. The van der Waals surface area contributed by atoms with Crippen molar-refractivity contribution in [2.75, 3.05) is 0 Å². The van der Waals surface area contributed by atoms with E-state index in [4.69, 9.17) is 4.74 Å². The van der Waals surface area contributed by atoms with Gasteiger partial charge in [0.1, 0.15) is 6.10 Å². The van der Waals surface area contributed by atoms with Crippen LogP contribution in [0, 0.1) is 23.2 Å². The minimum Gasteiger partial charge on any atom is -0.461 e. The van der Waals surface area contributed by atoms with Crippen molar-refractivity contribution in [1.29, 1.82) is 0 Å². The van der Waals surface area contributed by atoms with Crippen molar-refractivity contribution < 1.29 is 9.53 Å². The standard InChI is InChI=1S/C15H30O2/c1-10(2)9-15(7,8)14(16)17-13(11(3)4)12(5)6/h10-13H,9H2,1-8H3. The maximum absolute atomic E-state index is 12.2. The highest BCUT2D eigenvalue weighted by Crippen LogP contribution is 2.29. The van der Waals surface area contributed by atoms with E-state index in [1.54, 1.807) is 0 Å². The molecule has 0 aromatic rings. The molecule has 102 valence electrons. The summed E-state index contributed by atoms with van der Waals surface area (Å²) in [6.07, 6.45) is 0.892. The second-order valence-corrected chi connectivity index (χ2v) is 6.84. The van der Waals surface area contributed by atoms with Crippen LogP contribution in [0.5, 0.6) is 0 Å². The van der Waals surface area contributed by atoms with Crippen molar-refractivity contribution in [2.45, 2.75) is 67.9 Å². The topological polar surface area (TPSA) is 26.3 Å². The first kappa shape index (κ1) is 16.5. The molecule has 0 N–H and O–H groups in total. The van der Waals surface area contributed by atoms with E-state index in [-0.39, 0.29) is 17.5 Å². The summed E-state index contributed by atoms with van der Waals surface area (Å²) in [7, 11) is 0. The SMILES string of the molecule is CC(C)CC(C)(C)C(=O)OC(C(C)C)C(C)C. The van der Waals surface area contributed by atoms with Crippen LogP contribution in [0.3, 0.4) is 0 Å². The predicted molar refractivity (Wildman–Crippen MR) is 72.8 cm³/mol. The molecule has 0 aliphatic carbocycles. The molecule has 0 aromatic carbocycles. The van der Waals surface area contributed by atoms with E-state index in [0.29, 0.717) is 17.8 Å². The van der Waals surface area contributed by atoms with E-state index < -0.39 is 0 Å². The number of carbonyl (C=O) groups excluding carboxylic acids is 1. The third-order valence-corrected chi connectivity index (χ3v) is 3.03. The van der Waals surface area contributed by atoms with Crippen LogP contribution in [-0.2, 0) is 9.53 Å². The average Bonchev–Trinajstić information content (AvgIpc) is 2.10. The summed E-state index contributed by atoms with van der Waals surface area (Å²) in [5, 5.41) is 0. The van der Waals surface area contributed by atoms with E-state index in [1.165, 1.54) is 0 Å². The highest BCUT2D eigenvalue weighted by Gasteiger charge is 2.33. The molecule has 2 heteroatoms. The fourth-order valence-corrected chi connectivity index (χ4v) is 2.43. The molecule has 0 aromatic heterocycles. The predicted octanol–water partition coefficient (Wildman–Crippen LogP) is 4.28. The Bertz CT molecular complexity index is 231. The van der Waals surface area contributed by atoms with Gasteiger partial charge in [-0.15, -0.1) is 0 Å². The minimum absolute atomic E-state index is 0.0222. The lowest BCUT2D eigenvalue weighted by molar-refractivity contribution is -0.165. The number of carbonyl (C=O) groups is 1. The molecule has 0 aliphatic rings. The van der Waals surface area contributed by atoms with Crippen molar-refractivity contribution in [3.63, 3.8) is 0 Å². The summed E-state index contributed by atoms with van der Waals surface area (Å²) < 4.78 is 5.70. The van der Waals surface area contributed by atoms with Crippen LogP contribution in [0.15, 0.2) is 0 Å². The zero-order chi connectivity index (χ0) is 13.8. The molecule has 0 bridgehead atoms. The van der Waals surface area contributed by atoms with Crippen LogP contribution < -0.4 is 0 Å². The van der Waals surface area contributed by atoms with Crippen LogP contribution >= 0.6 is 0 Å². The van der Waals surface area contributed by atoms with Gasteiger partial charge < -0.3 is 4.74 Å². The molecule has 0 aliphatic heterocycles. The molecule has 0 fully saturated rings. The summed E-state index contributed by atoms with van der Waals surface area (Å²) in [6, 6.07) is 0. The van der Waals surface area contributed by atoms with Crippen LogP contribution in [-0.4, -0.2) is 12.1 Å². The Morgan fingerprint density at radius 1 is 1.00 bits per heavy atom. The third kappa shape index (κ3) is 5.56. The minimum atomic E-state index is -0.379. The maximum Gasteiger partial charge on any atom is 0.311 e. The summed E-state index contributed by atoms with van der Waals surface area (Å²) in [5.41, 5.74) is -0.379. The molecule has 0 atom stereocenters. The van der Waals surface area contributed by atoms with Gasteiger partial charge in [-0.1, -0.05) is 41.5 Å². The molecular formula is C15H30O2. The van der Waals surface area contributed by atoms with Crippen LogP contribution in [0.1, 0.15) is 61.8 Å². The van der Waals surface area contributed by atoms with Crippen molar-refractivity contribution in [2.24, 2.45) is 23.2 Å². The van der Waals surface area contributed by atoms with Gasteiger partial charge in [0.15, 0.2) is 0 Å². The first-order valence-electron chi connectivity index (χ1n) is 6.79. The van der Waals surface area contributed by atoms with E-state index in [2.05, 4.69) is 41.5 Å². The molecule has 17 heavy (non-hydrogen) atoms. The van der Waals surface area contributed by atoms with Gasteiger partial charge in [0.25, 0.3) is 0 Å². The number of ether oxygens (including phenoxy) is 1. The molecule has 0 rings (SSSR count). The number of esters is 1. The first-order valence-corrected chi connectivity index (χ1v) is 6.79. The van der Waals surface area contributed by atoms with E-state index >= 15 is 0 Å². The third-order valence-electron chi connectivity index (χ3n) is 3.03. The van der Waals surface area contributed by atoms with Crippen molar-refractivity contribution in [1.82, 2.24) is 0 Å². The van der Waals surface area contributed by atoms with E-state index in [9.17, 15) is 4.79 Å². The van der Waals surface area contributed by atoms with Gasteiger partial charge in [-0.05, 0) is 38.0 Å². The molecule has 0 radical (unpaired) electrons. The lowest BCUT2D eigenvalue weighted by Crippen LogP contribution is -2.36. The lowest BCUT2D eigenvalue weighted by Gasteiger charge is -2.31. The fraction of sp³-hybridized carbons (Fsp3) is 0.933. The van der Waals surface area contributed by atoms with Gasteiger partial charge in [0.05, 0.1) is 5.41 Å². The Morgan fingerprint density at radius 3 is 1.71 bits per heavy atom. The largest absolute Gasteiger partial charge is 0.461 e. The molecule has 0 unspecified atom stereocenters. The summed E-state index contributed by atoms with van der Waals surface area (Å²) >= 11 is 0. The smallest absolute Gasteiger partial charge is 0.311 e. The fourth-order valence-electron chi connectivity index (χ4n) is 2.43. The maximum atomic E-state index is 12.2. The van der Waals surface area contributed by atoms with Gasteiger partial charge in [-0.2, -0.15) is 0 Å². The molecule has 2 nitrogen and oxygen atoms in total. The highest BCUT2D eigenvalue weighted by atomic mass is 16.5. The Labute approximate surface area is 107 Å². The average molecular weight is 242 g/mol. The van der Waals surface area contributed by atoms with Crippen LogP contribution in [0.2, 0.25) is 0 Å². The van der Waals surface area contributed by atoms with Crippen molar-refractivity contribution in [3.05, 3.63) is 0 Å². The highest BCUT2D eigenvalue weighted by molar-refractivity contribution is 5.76. The molecule has 0 spiro atoms. The molecular weight excluding hydrogens is 212 g/mol. The Morgan fingerprint density at radius 2 is 1.41 bits per heavy atom. The Balaban J connectivity index is 4.60. The first-order chi connectivity index (χ1) is 7.58. The van der Waals surface area contributed by atoms with Crippen molar-refractivity contribution >= 4 is 5.97 Å². The van der Waals surface area contributed by atoms with Gasteiger partial charge in [0.2, 0.25) is 0 Å². The summed E-state index contributed by atoms with van der Waals surface area (Å²) in [4.78, 5) is 12.2. The van der Waals surface area contributed by atoms with Gasteiger partial charge >= 0.3 is 5.97 Å². The monoisotopic (exact) mass is 242 g/mol. The second kappa shape index (κ2) is 6.42. The number of rotatable bonds is 6. The van der Waals surface area contributed by atoms with Gasteiger partial charge in [-0.3, -0.25) is 4.79 Å². The van der Waals surface area contributed by atoms with Crippen LogP contribution in [0.25, 0.3) is 0 Å². The van der Waals surface area contributed by atoms with Gasteiger partial charge in [-0.25, -0.2) is 0 Å². The number of hydrogen-bond donors (Lipinski definition) is 0. The molecule has 0 saturated carbocycles. The van der Waals surface area contributed by atoms with Crippen molar-refractivity contribution in [3.8, 4) is 0 Å². The molecule has 0 amide bonds. The Hall–Kier alpha value is -0.530. The molecule has 0 saturated heterocycles. The number of hydrogen-bond acceptors (Lipinski definition) is 2. The lowest BCUT2D eigenvalue weighted by atomic mass is 9.84. The van der Waals surface area contributed by atoms with Crippen LogP contribution in [0.4, 0.5) is 0 Å². The molecule has 0 heterocycles. The zero-order valence-electron chi connectivity index (χ0n) is 12.8. The summed E-state index contributed by atoms with van der Waals surface area (Å²) in [5.74, 6) is 1.19. The van der Waals surface area contributed by atoms with E-state index in [1.807, 2.05) is 13.8 Å². The summed E-state index contributed by atoms with van der Waals surface area (Å²) in [6.45, 7) is 16.6. The quantitative estimate of drug-likeness (QED) is 0.650.